The number of hydrogen-bond acceptors (Lipinski definition) is 3. The minimum absolute atomic E-state index is 0.159. The van der Waals surface area contributed by atoms with Crippen LogP contribution in [0, 0.1) is 0 Å². The average molecular weight is 228 g/mol. The Kier molecular flexibility index (Phi) is 1.98. The van der Waals surface area contributed by atoms with E-state index in [0.717, 1.165) is 5.52 Å². The van der Waals surface area contributed by atoms with Crippen LogP contribution in [0.1, 0.15) is 10.5 Å². The molecule has 3 heterocycles. The van der Waals surface area contributed by atoms with Crippen LogP contribution in [-0.2, 0) is 0 Å². The van der Waals surface area contributed by atoms with Gasteiger partial charge in [0.25, 0.3) is 0 Å². The monoisotopic (exact) mass is 228 g/mol. The molecular weight excluding hydrogens is 220 g/mol. The molecule has 0 atom stereocenters. The number of imidazole rings is 1. The number of furan rings is 1. The van der Waals surface area contributed by atoms with Crippen molar-refractivity contribution in [1.29, 1.82) is 0 Å². The van der Waals surface area contributed by atoms with Gasteiger partial charge in [-0.2, -0.15) is 0 Å². The molecule has 17 heavy (non-hydrogen) atoms. The maximum Gasteiger partial charge on any atom is 0.352 e. The van der Waals surface area contributed by atoms with E-state index in [2.05, 4.69) is 4.98 Å². The summed E-state index contributed by atoms with van der Waals surface area (Å²) in [6.45, 7) is 0. The van der Waals surface area contributed by atoms with Crippen molar-refractivity contribution in [1.82, 2.24) is 9.38 Å². The molecule has 1 N–H and O–H groups in total. The summed E-state index contributed by atoms with van der Waals surface area (Å²) in [5.41, 5.74) is 0.878. The van der Waals surface area contributed by atoms with Crippen LogP contribution in [0.25, 0.3) is 17.1 Å². The number of pyridine rings is 1. The highest BCUT2D eigenvalue weighted by atomic mass is 16.4. The van der Waals surface area contributed by atoms with Gasteiger partial charge in [0.05, 0.1) is 18.0 Å². The second-order valence-electron chi connectivity index (χ2n) is 3.54. The Morgan fingerprint density at radius 1 is 1.29 bits per heavy atom. The quantitative estimate of drug-likeness (QED) is 0.730. The predicted molar refractivity (Wildman–Crippen MR) is 59.9 cm³/mol. The molecule has 0 amide bonds. The van der Waals surface area contributed by atoms with E-state index in [4.69, 9.17) is 9.52 Å². The number of nitrogens with zero attached hydrogens (tertiary/aromatic N) is 2. The van der Waals surface area contributed by atoms with Crippen molar-refractivity contribution in [3.63, 3.8) is 0 Å². The van der Waals surface area contributed by atoms with Crippen molar-refractivity contribution in [3.8, 4) is 11.6 Å². The number of carboxylic acid groups (broad SMARTS) is 1. The Balaban J connectivity index is 2.37. The van der Waals surface area contributed by atoms with Crippen LogP contribution in [0.5, 0.6) is 0 Å². The van der Waals surface area contributed by atoms with E-state index in [-0.39, 0.29) is 5.69 Å². The summed E-state index contributed by atoms with van der Waals surface area (Å²) in [6.07, 6.45) is 3.14. The first-order valence-electron chi connectivity index (χ1n) is 5.01. The van der Waals surface area contributed by atoms with E-state index in [0.29, 0.717) is 11.6 Å². The minimum Gasteiger partial charge on any atom is -0.477 e. The van der Waals surface area contributed by atoms with Gasteiger partial charge in [0.2, 0.25) is 0 Å². The Morgan fingerprint density at radius 3 is 2.88 bits per heavy atom. The van der Waals surface area contributed by atoms with Gasteiger partial charge in [-0.05, 0) is 24.3 Å². The topological polar surface area (TPSA) is 67.7 Å². The molecule has 0 spiro atoms. The van der Waals surface area contributed by atoms with Crippen LogP contribution in [-0.4, -0.2) is 20.5 Å². The van der Waals surface area contributed by atoms with Crippen molar-refractivity contribution in [2.24, 2.45) is 0 Å². The molecule has 3 aromatic rings. The van der Waals surface area contributed by atoms with E-state index in [9.17, 15) is 4.79 Å². The fourth-order valence-electron chi connectivity index (χ4n) is 1.79. The fraction of sp³-hybridized carbons (Fsp3) is 0. The van der Waals surface area contributed by atoms with Gasteiger partial charge >= 0.3 is 5.97 Å². The third kappa shape index (κ3) is 1.40. The summed E-state index contributed by atoms with van der Waals surface area (Å²) in [4.78, 5) is 15.3. The van der Waals surface area contributed by atoms with Gasteiger partial charge in [-0.3, -0.25) is 4.40 Å². The van der Waals surface area contributed by atoms with E-state index in [1.165, 1.54) is 12.3 Å². The van der Waals surface area contributed by atoms with Crippen molar-refractivity contribution >= 4 is 11.5 Å². The maximum absolute atomic E-state index is 11.2. The van der Waals surface area contributed by atoms with E-state index < -0.39 is 5.97 Å². The summed E-state index contributed by atoms with van der Waals surface area (Å²) in [6, 6.07) is 8.49. The van der Waals surface area contributed by atoms with Crippen molar-refractivity contribution in [2.75, 3.05) is 0 Å². The molecule has 3 aromatic heterocycles. The van der Waals surface area contributed by atoms with E-state index >= 15 is 0 Å². The average Bonchev–Trinajstić information content (AvgIpc) is 2.96. The van der Waals surface area contributed by atoms with Crippen molar-refractivity contribution in [3.05, 3.63) is 48.5 Å². The van der Waals surface area contributed by atoms with Gasteiger partial charge in [0.15, 0.2) is 11.6 Å². The number of rotatable bonds is 2. The predicted octanol–water partition coefficient (Wildman–Crippen LogP) is 2.29. The van der Waals surface area contributed by atoms with Gasteiger partial charge in [-0.15, -0.1) is 0 Å². The standard InChI is InChI=1S/C12H8N2O3/c15-12(16)9-4-1-3-8-7-13-11(14(8)9)10-5-2-6-17-10/h1-7H,(H,15,16). The summed E-state index contributed by atoms with van der Waals surface area (Å²) in [5.74, 6) is 0.0307. The number of fused-ring (bicyclic) bond motifs is 1. The number of aromatic nitrogens is 2. The van der Waals surface area contributed by atoms with Gasteiger partial charge in [-0.1, -0.05) is 6.07 Å². The largest absolute Gasteiger partial charge is 0.477 e. The molecule has 0 bridgehead atoms. The summed E-state index contributed by atoms with van der Waals surface area (Å²) >= 11 is 0. The first kappa shape index (κ1) is 9.65. The van der Waals surface area contributed by atoms with Crippen molar-refractivity contribution in [2.45, 2.75) is 0 Å². The minimum atomic E-state index is -0.999. The van der Waals surface area contributed by atoms with Gasteiger partial charge < -0.3 is 9.52 Å². The molecule has 5 heteroatoms. The highest BCUT2D eigenvalue weighted by Crippen LogP contribution is 2.21. The van der Waals surface area contributed by atoms with Crippen LogP contribution in [0.3, 0.4) is 0 Å². The second kappa shape index (κ2) is 3.48. The van der Waals surface area contributed by atoms with Gasteiger partial charge in [0, 0.05) is 0 Å². The number of hydrogen-bond donors (Lipinski definition) is 1. The van der Waals surface area contributed by atoms with Crippen LogP contribution < -0.4 is 0 Å². The third-order valence-corrected chi connectivity index (χ3v) is 2.51. The fourth-order valence-corrected chi connectivity index (χ4v) is 1.79. The van der Waals surface area contributed by atoms with Crippen LogP contribution >= 0.6 is 0 Å². The lowest BCUT2D eigenvalue weighted by Gasteiger charge is -2.02. The highest BCUT2D eigenvalue weighted by molar-refractivity contribution is 5.87. The summed E-state index contributed by atoms with van der Waals surface area (Å²) in [5, 5.41) is 9.14. The van der Waals surface area contributed by atoms with Crippen LogP contribution in [0.4, 0.5) is 0 Å². The molecule has 0 unspecified atom stereocenters. The molecule has 0 aliphatic heterocycles. The molecule has 0 saturated carbocycles. The highest BCUT2D eigenvalue weighted by Gasteiger charge is 2.15. The third-order valence-electron chi connectivity index (χ3n) is 2.51. The second-order valence-corrected chi connectivity index (χ2v) is 3.54. The van der Waals surface area contributed by atoms with Crippen LogP contribution in [0.2, 0.25) is 0 Å². The van der Waals surface area contributed by atoms with E-state index in [1.54, 1.807) is 34.9 Å². The van der Waals surface area contributed by atoms with Crippen molar-refractivity contribution < 1.29 is 14.3 Å². The Morgan fingerprint density at radius 2 is 2.18 bits per heavy atom. The molecule has 0 aliphatic carbocycles. The Labute approximate surface area is 95.9 Å². The van der Waals surface area contributed by atoms with Crippen LogP contribution in [0.15, 0.2) is 47.2 Å². The normalized spacial score (nSPS) is 10.8. The number of carboxylic acids is 1. The Hall–Kier alpha value is -2.56. The SMILES string of the molecule is O=C(O)c1cccc2cnc(-c3ccco3)n12. The molecule has 0 fully saturated rings. The summed E-state index contributed by atoms with van der Waals surface area (Å²) in [7, 11) is 0. The van der Waals surface area contributed by atoms with Gasteiger partial charge in [0.1, 0.15) is 5.69 Å². The van der Waals surface area contributed by atoms with Gasteiger partial charge in [-0.25, -0.2) is 9.78 Å². The first-order valence-corrected chi connectivity index (χ1v) is 5.01. The summed E-state index contributed by atoms with van der Waals surface area (Å²) < 4.78 is 6.80. The zero-order valence-corrected chi connectivity index (χ0v) is 8.70. The Bertz CT molecular complexity index is 683. The molecular formula is C12H8N2O3. The van der Waals surface area contributed by atoms with E-state index in [1.807, 2.05) is 0 Å². The lowest BCUT2D eigenvalue weighted by molar-refractivity contribution is 0.0689. The zero-order chi connectivity index (χ0) is 11.8. The molecule has 0 radical (unpaired) electrons. The molecule has 5 nitrogen and oxygen atoms in total. The molecule has 84 valence electrons. The number of carbonyl (C=O) groups is 1. The lowest BCUT2D eigenvalue weighted by atomic mass is 10.3. The molecule has 0 saturated heterocycles. The molecule has 0 aromatic carbocycles. The lowest BCUT2D eigenvalue weighted by Crippen LogP contribution is -2.05. The first-order chi connectivity index (χ1) is 8.27. The maximum atomic E-state index is 11.2. The molecule has 3 rings (SSSR count). The molecule has 0 aliphatic rings. The number of aromatic carboxylic acids is 1. The smallest absolute Gasteiger partial charge is 0.352 e. The zero-order valence-electron chi connectivity index (χ0n) is 8.70.